The van der Waals surface area contributed by atoms with E-state index >= 15 is 0 Å². The molecule has 1 saturated heterocycles. The number of carbonyl (C=O) groups is 5. The van der Waals surface area contributed by atoms with Crippen LogP contribution >= 0.6 is 0 Å². The number of allylic oxidation sites excluding steroid dienone is 1. The maximum Gasteiger partial charge on any atom is 0.257 e. The number of piperidine rings is 1. The third-order valence-electron chi connectivity index (χ3n) is 9.54. The average Bonchev–Trinajstić information content (AvgIpc) is 3.18. The molecule has 1 fully saturated rings. The van der Waals surface area contributed by atoms with Gasteiger partial charge >= 0.3 is 0 Å². The molecule has 0 saturated carbocycles. The number of benzene rings is 3. The smallest absolute Gasteiger partial charge is 0.257 e. The molecule has 1 heterocycles. The van der Waals surface area contributed by atoms with Crippen LogP contribution in [0.1, 0.15) is 57.5 Å². The number of nitrogens with two attached hydrogens (primary N) is 3. The van der Waals surface area contributed by atoms with Crippen LogP contribution in [0.3, 0.4) is 0 Å². The highest BCUT2D eigenvalue weighted by Crippen LogP contribution is 2.37. The van der Waals surface area contributed by atoms with Crippen LogP contribution in [0.4, 0.5) is 0 Å². The Labute approximate surface area is 308 Å². The monoisotopic (exact) mass is 725 g/mol. The molecule has 14 heteroatoms. The molecule has 1 atom stereocenters. The zero-order chi connectivity index (χ0) is 38.5. The van der Waals surface area contributed by atoms with Crippen molar-refractivity contribution in [1.29, 1.82) is 0 Å². The van der Waals surface area contributed by atoms with Crippen molar-refractivity contribution in [3.05, 3.63) is 113 Å². The van der Waals surface area contributed by atoms with Crippen LogP contribution in [0.2, 0.25) is 0 Å². The summed E-state index contributed by atoms with van der Waals surface area (Å²) in [5.41, 5.74) is 20.4. The number of amides is 3. The second kappa shape index (κ2) is 18.3. The summed E-state index contributed by atoms with van der Waals surface area (Å²) in [4.78, 5) is 65.5. The van der Waals surface area contributed by atoms with Crippen molar-refractivity contribution in [3.63, 3.8) is 0 Å². The van der Waals surface area contributed by atoms with E-state index in [0.717, 1.165) is 5.56 Å². The zero-order valence-corrected chi connectivity index (χ0v) is 29.9. The molecule has 0 radical (unpaired) electrons. The van der Waals surface area contributed by atoms with E-state index in [1.54, 1.807) is 30.3 Å². The molecular weight excluding hydrogens is 678 g/mol. The van der Waals surface area contributed by atoms with E-state index in [4.69, 9.17) is 21.9 Å². The lowest BCUT2D eigenvalue weighted by atomic mass is 9.72. The number of carbonyl (C=O) groups excluding carboxylic acids is 5. The molecule has 3 aromatic carbocycles. The topological polar surface area (TPSA) is 223 Å². The largest absolute Gasteiger partial charge is 0.507 e. The number of hydrogen-bond donors (Lipinski definition) is 6. The first-order valence-electron chi connectivity index (χ1n) is 17.2. The number of rotatable bonds is 16. The highest BCUT2D eigenvalue weighted by atomic mass is 16.5. The van der Waals surface area contributed by atoms with Crippen molar-refractivity contribution in [2.75, 3.05) is 40.3 Å². The Morgan fingerprint density at radius 2 is 1.62 bits per heavy atom. The molecule has 14 nitrogen and oxygen atoms in total. The molecule has 3 aromatic rings. The fourth-order valence-corrected chi connectivity index (χ4v) is 6.50. The molecule has 0 bridgehead atoms. The van der Waals surface area contributed by atoms with Gasteiger partial charge in [0.1, 0.15) is 29.6 Å². The number of likely N-dealkylation sites (N-methyl/N-ethyl adjacent to an activating group) is 2. The lowest BCUT2D eigenvalue weighted by Crippen LogP contribution is -2.49. The predicted molar refractivity (Wildman–Crippen MR) is 200 cm³/mol. The number of nitrogens with one attached hydrogen (secondary N) is 2. The molecule has 0 aromatic heterocycles. The minimum Gasteiger partial charge on any atom is -0.507 e. The first kappa shape index (κ1) is 39.5. The third-order valence-corrected chi connectivity index (χ3v) is 9.54. The SMILES string of the molecule is CNC(=O)C(CCC=O)N(C)C(=O)c1cccc(OCC(=O)NCC2(c3ccccc3)CCN(C(/C=C(\N)c3ccccc3O)=C(N)N)CC2)c1C=O. The number of para-hydroxylation sites is 1. The summed E-state index contributed by atoms with van der Waals surface area (Å²) >= 11 is 0. The van der Waals surface area contributed by atoms with Gasteiger partial charge in [-0.15, -0.1) is 0 Å². The standard InChI is InChI=1S/C39H47N7O7/c1-43-37(51)31(14-9-21-47)45(2)38(52)27-13-8-16-34(29(27)23-48)53-24-35(50)44-25-39(26-10-4-3-5-11-26)17-19-46(20-18-39)32(36(41)42)22-30(40)28-12-6-7-15-33(28)49/h3-8,10-13,15-16,21-23,31,49H,9,14,17-20,24-25,40-42H2,1-2H3,(H,43,51)(H,44,50)/b30-22-. The first-order valence-corrected chi connectivity index (χ1v) is 17.2. The number of ether oxygens (including phenoxy) is 1. The van der Waals surface area contributed by atoms with Gasteiger partial charge in [-0.2, -0.15) is 0 Å². The van der Waals surface area contributed by atoms with Gasteiger partial charge in [-0.1, -0.05) is 48.5 Å². The summed E-state index contributed by atoms with van der Waals surface area (Å²) in [6, 6.07) is 20.1. The first-order chi connectivity index (χ1) is 25.5. The molecular formula is C39H47N7O7. The van der Waals surface area contributed by atoms with Gasteiger partial charge in [-0.3, -0.25) is 19.2 Å². The molecule has 280 valence electrons. The van der Waals surface area contributed by atoms with Crippen molar-refractivity contribution >= 4 is 36.0 Å². The van der Waals surface area contributed by atoms with Gasteiger partial charge in [0.05, 0.1) is 16.8 Å². The minimum absolute atomic E-state index is 0.0149. The highest BCUT2D eigenvalue weighted by molar-refractivity contribution is 6.04. The Kier molecular flexibility index (Phi) is 13.6. The van der Waals surface area contributed by atoms with Crippen molar-refractivity contribution in [3.8, 4) is 11.5 Å². The van der Waals surface area contributed by atoms with Crippen molar-refractivity contribution in [1.82, 2.24) is 20.4 Å². The van der Waals surface area contributed by atoms with Crippen LogP contribution in [0.5, 0.6) is 11.5 Å². The van der Waals surface area contributed by atoms with E-state index in [1.807, 2.05) is 35.2 Å². The zero-order valence-electron chi connectivity index (χ0n) is 29.9. The van der Waals surface area contributed by atoms with E-state index in [0.29, 0.717) is 55.5 Å². The van der Waals surface area contributed by atoms with Crippen LogP contribution in [-0.2, 0) is 19.8 Å². The van der Waals surface area contributed by atoms with Gasteiger partial charge in [-0.05, 0) is 55.2 Å². The van der Waals surface area contributed by atoms with Crippen LogP contribution in [0, 0.1) is 0 Å². The number of aromatic hydroxyl groups is 1. The van der Waals surface area contributed by atoms with Crippen molar-refractivity contribution in [2.24, 2.45) is 17.2 Å². The lowest BCUT2D eigenvalue weighted by Gasteiger charge is -2.43. The molecule has 0 aliphatic carbocycles. The van der Waals surface area contributed by atoms with Crippen molar-refractivity contribution < 1.29 is 33.8 Å². The second-order valence-corrected chi connectivity index (χ2v) is 12.8. The Bertz CT molecular complexity index is 1850. The summed E-state index contributed by atoms with van der Waals surface area (Å²) in [6.45, 7) is 0.921. The van der Waals surface area contributed by atoms with Gasteiger partial charge in [0.2, 0.25) is 5.91 Å². The molecule has 0 spiro atoms. The van der Waals surface area contributed by atoms with E-state index in [2.05, 4.69) is 10.6 Å². The van der Waals surface area contributed by atoms with Gasteiger partial charge in [0, 0.05) is 56.8 Å². The van der Waals surface area contributed by atoms with E-state index in [-0.39, 0.29) is 47.8 Å². The summed E-state index contributed by atoms with van der Waals surface area (Å²) in [7, 11) is 2.84. The van der Waals surface area contributed by atoms with Gasteiger partial charge in [0.15, 0.2) is 12.9 Å². The summed E-state index contributed by atoms with van der Waals surface area (Å²) in [5, 5.41) is 15.8. The highest BCUT2D eigenvalue weighted by Gasteiger charge is 2.37. The fraction of sp³-hybridized carbons (Fsp3) is 0.308. The number of phenols is 1. The number of nitrogens with zero attached hydrogens (tertiary/aromatic N) is 2. The maximum absolute atomic E-state index is 13.4. The minimum atomic E-state index is -0.940. The summed E-state index contributed by atoms with van der Waals surface area (Å²) in [5.74, 6) is -1.37. The van der Waals surface area contributed by atoms with Gasteiger partial charge < -0.3 is 52.3 Å². The van der Waals surface area contributed by atoms with E-state index in [9.17, 15) is 29.1 Å². The fourth-order valence-electron chi connectivity index (χ4n) is 6.50. The molecule has 3 amide bonds. The van der Waals surface area contributed by atoms with Gasteiger partial charge in [-0.25, -0.2) is 0 Å². The maximum atomic E-state index is 13.4. The molecule has 1 aliphatic heterocycles. The van der Waals surface area contributed by atoms with Crippen LogP contribution in [-0.4, -0.2) is 91.6 Å². The normalized spacial score (nSPS) is 14.3. The van der Waals surface area contributed by atoms with E-state index < -0.39 is 35.8 Å². The molecule has 4 rings (SSSR count). The average molecular weight is 726 g/mol. The van der Waals surface area contributed by atoms with E-state index in [1.165, 1.54) is 37.2 Å². The Morgan fingerprint density at radius 1 is 0.962 bits per heavy atom. The quantitative estimate of drug-likeness (QED) is 0.0925. The predicted octanol–water partition coefficient (Wildman–Crippen LogP) is 1.99. The Morgan fingerprint density at radius 3 is 2.25 bits per heavy atom. The lowest BCUT2D eigenvalue weighted by molar-refractivity contribution is -0.125. The second-order valence-electron chi connectivity index (χ2n) is 12.8. The molecule has 9 N–H and O–H groups in total. The third kappa shape index (κ3) is 9.52. The van der Waals surface area contributed by atoms with Crippen molar-refractivity contribution in [2.45, 2.75) is 37.1 Å². The molecule has 1 unspecified atom stereocenters. The summed E-state index contributed by atoms with van der Waals surface area (Å²) < 4.78 is 5.77. The Balaban J connectivity index is 1.46. The van der Waals surface area contributed by atoms with Gasteiger partial charge in [0.25, 0.3) is 11.8 Å². The summed E-state index contributed by atoms with van der Waals surface area (Å²) in [6.07, 6.45) is 4.19. The molecule has 1 aliphatic rings. The number of likely N-dealkylation sites (tertiary alicyclic amines) is 1. The number of phenolic OH excluding ortho intramolecular Hbond substituents is 1. The molecule has 53 heavy (non-hydrogen) atoms. The van der Waals surface area contributed by atoms with Crippen LogP contribution < -0.4 is 32.6 Å². The Hall–Kier alpha value is -6.31. The van der Waals surface area contributed by atoms with Crippen LogP contribution in [0.25, 0.3) is 5.70 Å². The number of aldehydes is 2. The number of hydrogen-bond acceptors (Lipinski definition) is 11. The van der Waals surface area contributed by atoms with Crippen LogP contribution in [0.15, 0.2) is 90.4 Å².